The first-order chi connectivity index (χ1) is 9.54. The lowest BCUT2D eigenvalue weighted by atomic mass is 9.96. The normalized spacial score (nSPS) is 30.5. The van der Waals surface area contributed by atoms with Crippen LogP contribution in [0.3, 0.4) is 0 Å². The summed E-state index contributed by atoms with van der Waals surface area (Å²) >= 11 is 0. The zero-order chi connectivity index (χ0) is 14.7. The Kier molecular flexibility index (Phi) is 4.86. The van der Waals surface area contributed by atoms with Crippen molar-refractivity contribution in [1.29, 1.82) is 0 Å². The zero-order valence-corrected chi connectivity index (χ0v) is 12.5. The quantitative estimate of drug-likeness (QED) is 0.345. The largest absolute Gasteiger partial charge is 0.409 e. The smallest absolute Gasteiger partial charge is 0.226 e. The van der Waals surface area contributed by atoms with Crippen LogP contribution in [-0.4, -0.2) is 59.0 Å². The van der Waals surface area contributed by atoms with Gasteiger partial charge in [-0.15, -0.1) is 0 Å². The number of amidine groups is 1. The van der Waals surface area contributed by atoms with Gasteiger partial charge in [0.2, 0.25) is 5.91 Å². The van der Waals surface area contributed by atoms with Crippen LogP contribution in [0.5, 0.6) is 0 Å². The molecular formula is C14H26N4O2. The van der Waals surface area contributed by atoms with Gasteiger partial charge in [0.25, 0.3) is 0 Å². The Bertz CT molecular complexity index is 377. The van der Waals surface area contributed by atoms with Crippen molar-refractivity contribution >= 4 is 11.7 Å². The molecular weight excluding hydrogens is 256 g/mol. The second-order valence-corrected chi connectivity index (χ2v) is 6.08. The fraction of sp³-hybridized carbons (Fsp3) is 0.857. The van der Waals surface area contributed by atoms with E-state index in [1.807, 2.05) is 11.8 Å². The van der Waals surface area contributed by atoms with Crippen LogP contribution in [0, 0.1) is 11.8 Å². The molecule has 20 heavy (non-hydrogen) atoms. The Morgan fingerprint density at radius 3 is 2.45 bits per heavy atom. The Morgan fingerprint density at radius 2 is 1.95 bits per heavy atom. The Hall–Kier alpha value is -1.30. The molecule has 1 amide bonds. The van der Waals surface area contributed by atoms with Gasteiger partial charge >= 0.3 is 0 Å². The average Bonchev–Trinajstić information content (AvgIpc) is 2.91. The van der Waals surface area contributed by atoms with Gasteiger partial charge in [0.05, 0.1) is 6.04 Å². The van der Waals surface area contributed by atoms with Crippen molar-refractivity contribution in [3.63, 3.8) is 0 Å². The molecule has 1 aliphatic heterocycles. The summed E-state index contributed by atoms with van der Waals surface area (Å²) in [5.41, 5.74) is 5.64. The highest BCUT2D eigenvalue weighted by Gasteiger charge is 2.34. The minimum absolute atomic E-state index is 0.0809. The third-order valence-corrected chi connectivity index (χ3v) is 4.90. The molecule has 3 unspecified atom stereocenters. The second-order valence-electron chi connectivity index (χ2n) is 6.08. The van der Waals surface area contributed by atoms with Crippen LogP contribution in [-0.2, 0) is 4.79 Å². The number of piperazine rings is 1. The number of rotatable bonds is 3. The molecule has 2 aliphatic rings. The molecule has 0 aromatic heterocycles. The van der Waals surface area contributed by atoms with E-state index in [0.29, 0.717) is 11.8 Å². The average molecular weight is 282 g/mol. The molecule has 0 radical (unpaired) electrons. The van der Waals surface area contributed by atoms with Crippen LogP contribution in [0.2, 0.25) is 0 Å². The lowest BCUT2D eigenvalue weighted by Gasteiger charge is -2.38. The van der Waals surface area contributed by atoms with Crippen molar-refractivity contribution in [3.8, 4) is 0 Å². The van der Waals surface area contributed by atoms with E-state index in [4.69, 9.17) is 10.9 Å². The molecule has 6 heteroatoms. The minimum atomic E-state index is -0.0809. The second kappa shape index (κ2) is 6.43. The Labute approximate surface area is 120 Å². The Morgan fingerprint density at radius 1 is 1.30 bits per heavy atom. The fourth-order valence-corrected chi connectivity index (χ4v) is 3.35. The van der Waals surface area contributed by atoms with Gasteiger partial charge < -0.3 is 15.8 Å². The van der Waals surface area contributed by atoms with E-state index in [1.54, 1.807) is 0 Å². The highest BCUT2D eigenvalue weighted by atomic mass is 16.4. The SMILES string of the molecule is CC1CCCC1C(=O)N1CCN(C(C)C(N)=NO)CC1. The molecule has 1 aliphatic carbocycles. The molecule has 0 aromatic carbocycles. The van der Waals surface area contributed by atoms with E-state index < -0.39 is 0 Å². The van der Waals surface area contributed by atoms with Crippen molar-refractivity contribution in [1.82, 2.24) is 9.80 Å². The van der Waals surface area contributed by atoms with Crippen molar-refractivity contribution in [3.05, 3.63) is 0 Å². The molecule has 0 bridgehead atoms. The summed E-state index contributed by atoms with van der Waals surface area (Å²) in [7, 11) is 0. The standard InChI is InChI=1S/C14H26N4O2/c1-10-4-3-5-12(10)14(19)18-8-6-17(7-9-18)11(2)13(15)16-20/h10-12,20H,3-9H2,1-2H3,(H2,15,16). The molecule has 3 N–H and O–H groups in total. The lowest BCUT2D eigenvalue weighted by Crippen LogP contribution is -2.55. The predicted octanol–water partition coefficient (Wildman–Crippen LogP) is 0.702. The highest BCUT2D eigenvalue weighted by molar-refractivity contribution is 5.85. The van der Waals surface area contributed by atoms with E-state index in [1.165, 1.54) is 12.8 Å². The van der Waals surface area contributed by atoms with E-state index >= 15 is 0 Å². The molecule has 114 valence electrons. The maximum absolute atomic E-state index is 12.5. The van der Waals surface area contributed by atoms with Crippen molar-refractivity contribution in [2.45, 2.75) is 39.2 Å². The van der Waals surface area contributed by atoms with E-state index in [-0.39, 0.29) is 17.8 Å². The van der Waals surface area contributed by atoms with Crippen LogP contribution < -0.4 is 5.73 Å². The van der Waals surface area contributed by atoms with Gasteiger partial charge in [0.15, 0.2) is 5.84 Å². The van der Waals surface area contributed by atoms with Crippen LogP contribution >= 0.6 is 0 Å². The summed E-state index contributed by atoms with van der Waals surface area (Å²) in [6.45, 7) is 7.16. The monoisotopic (exact) mass is 282 g/mol. The highest BCUT2D eigenvalue weighted by Crippen LogP contribution is 2.32. The van der Waals surface area contributed by atoms with Gasteiger partial charge in [-0.2, -0.15) is 0 Å². The van der Waals surface area contributed by atoms with Gasteiger partial charge in [0, 0.05) is 32.1 Å². The van der Waals surface area contributed by atoms with Gasteiger partial charge in [-0.25, -0.2) is 0 Å². The molecule has 0 aromatic rings. The summed E-state index contributed by atoms with van der Waals surface area (Å²) in [6, 6.07) is -0.0809. The van der Waals surface area contributed by atoms with E-state index in [2.05, 4.69) is 17.0 Å². The molecule has 3 atom stereocenters. The van der Waals surface area contributed by atoms with E-state index in [0.717, 1.165) is 32.6 Å². The van der Waals surface area contributed by atoms with Gasteiger partial charge in [-0.3, -0.25) is 9.69 Å². The van der Waals surface area contributed by atoms with Gasteiger partial charge in [-0.05, 0) is 25.7 Å². The maximum Gasteiger partial charge on any atom is 0.226 e. The summed E-state index contributed by atoms with van der Waals surface area (Å²) in [4.78, 5) is 16.6. The molecule has 1 saturated heterocycles. The first-order valence-corrected chi connectivity index (χ1v) is 7.55. The summed E-state index contributed by atoms with van der Waals surface area (Å²) < 4.78 is 0. The maximum atomic E-state index is 12.5. The number of carbonyl (C=O) groups is 1. The first-order valence-electron chi connectivity index (χ1n) is 7.55. The molecule has 1 heterocycles. The molecule has 0 spiro atoms. The third-order valence-electron chi connectivity index (χ3n) is 4.90. The van der Waals surface area contributed by atoms with Crippen LogP contribution in [0.4, 0.5) is 0 Å². The summed E-state index contributed by atoms with van der Waals surface area (Å²) in [5.74, 6) is 1.31. The van der Waals surface area contributed by atoms with Crippen LogP contribution in [0.1, 0.15) is 33.1 Å². The molecule has 2 rings (SSSR count). The molecule has 6 nitrogen and oxygen atoms in total. The number of carbonyl (C=O) groups excluding carboxylic acids is 1. The van der Waals surface area contributed by atoms with Crippen LogP contribution in [0.15, 0.2) is 5.16 Å². The Balaban J connectivity index is 1.86. The topological polar surface area (TPSA) is 82.2 Å². The van der Waals surface area contributed by atoms with Crippen molar-refractivity contribution in [2.75, 3.05) is 26.2 Å². The number of nitrogens with zero attached hydrogens (tertiary/aromatic N) is 3. The third kappa shape index (κ3) is 3.06. The van der Waals surface area contributed by atoms with E-state index in [9.17, 15) is 4.79 Å². The van der Waals surface area contributed by atoms with Gasteiger partial charge in [0.1, 0.15) is 0 Å². The summed E-state index contributed by atoms with van der Waals surface area (Å²) in [6.07, 6.45) is 3.40. The van der Waals surface area contributed by atoms with Gasteiger partial charge in [-0.1, -0.05) is 18.5 Å². The summed E-state index contributed by atoms with van der Waals surface area (Å²) in [5, 5.41) is 11.8. The number of oxime groups is 1. The predicted molar refractivity (Wildman–Crippen MR) is 77.5 cm³/mol. The number of amides is 1. The van der Waals surface area contributed by atoms with Crippen LogP contribution in [0.25, 0.3) is 0 Å². The number of hydrogen-bond acceptors (Lipinski definition) is 4. The zero-order valence-electron chi connectivity index (χ0n) is 12.5. The first kappa shape index (κ1) is 15.1. The molecule has 2 fully saturated rings. The minimum Gasteiger partial charge on any atom is -0.409 e. The van der Waals surface area contributed by atoms with Crippen molar-refractivity contribution in [2.24, 2.45) is 22.7 Å². The fourth-order valence-electron chi connectivity index (χ4n) is 3.35. The lowest BCUT2D eigenvalue weighted by molar-refractivity contribution is -0.138. The van der Waals surface area contributed by atoms with Crippen molar-refractivity contribution < 1.29 is 10.0 Å². The number of nitrogens with two attached hydrogens (primary N) is 1. The number of hydrogen-bond donors (Lipinski definition) is 2. The molecule has 1 saturated carbocycles.